The third-order valence-corrected chi connectivity index (χ3v) is 3.22. The molecule has 2 rings (SSSR count). The molecular weight excluding hydrogens is 266 g/mol. The number of carboxylic acids is 1. The Bertz CT molecular complexity index is 607. The van der Waals surface area contributed by atoms with Crippen LogP contribution in [0.1, 0.15) is 15.9 Å². The largest absolute Gasteiger partial charge is 0.505 e. The Labute approximate surface area is 113 Å². The number of thiophene rings is 1. The first-order valence-electron chi connectivity index (χ1n) is 5.44. The zero-order valence-corrected chi connectivity index (χ0v) is 10.6. The maximum atomic E-state index is 11.7. The molecule has 1 aromatic heterocycles. The molecule has 0 atom stereocenters. The van der Waals surface area contributed by atoms with Gasteiger partial charge in [-0.3, -0.25) is 4.79 Å². The van der Waals surface area contributed by atoms with Crippen LogP contribution in [-0.4, -0.2) is 22.1 Å². The van der Waals surface area contributed by atoms with Gasteiger partial charge in [0.25, 0.3) is 0 Å². The van der Waals surface area contributed by atoms with E-state index in [0.29, 0.717) is 0 Å². The minimum atomic E-state index is -1.24. The maximum Gasteiger partial charge on any atom is 0.339 e. The van der Waals surface area contributed by atoms with E-state index < -0.39 is 11.7 Å². The molecule has 5 nitrogen and oxygen atoms in total. The highest BCUT2D eigenvalue weighted by Gasteiger charge is 2.14. The zero-order chi connectivity index (χ0) is 13.8. The van der Waals surface area contributed by atoms with Crippen LogP contribution in [0.25, 0.3) is 0 Å². The van der Waals surface area contributed by atoms with Gasteiger partial charge in [-0.05, 0) is 34.5 Å². The molecule has 0 unspecified atom stereocenters. The number of phenols is 1. The fourth-order valence-electron chi connectivity index (χ4n) is 1.59. The third kappa shape index (κ3) is 3.11. The number of para-hydroxylation sites is 1. The molecule has 0 aliphatic carbocycles. The second kappa shape index (κ2) is 5.53. The molecule has 1 aromatic carbocycles. The van der Waals surface area contributed by atoms with Gasteiger partial charge < -0.3 is 15.5 Å². The van der Waals surface area contributed by atoms with Crippen LogP contribution in [0.2, 0.25) is 0 Å². The van der Waals surface area contributed by atoms with Gasteiger partial charge in [0.2, 0.25) is 5.91 Å². The highest BCUT2D eigenvalue weighted by Crippen LogP contribution is 2.27. The molecule has 0 bridgehead atoms. The number of benzene rings is 1. The van der Waals surface area contributed by atoms with Crippen LogP contribution in [0.4, 0.5) is 5.69 Å². The lowest BCUT2D eigenvalue weighted by atomic mass is 10.1. The van der Waals surface area contributed by atoms with Crippen LogP contribution in [0.5, 0.6) is 5.75 Å². The van der Waals surface area contributed by atoms with Crippen molar-refractivity contribution in [1.29, 1.82) is 0 Å². The normalized spacial score (nSPS) is 10.1. The van der Waals surface area contributed by atoms with Crippen molar-refractivity contribution < 1.29 is 19.8 Å². The smallest absolute Gasteiger partial charge is 0.339 e. The maximum absolute atomic E-state index is 11.7. The van der Waals surface area contributed by atoms with Gasteiger partial charge in [-0.15, -0.1) is 0 Å². The van der Waals surface area contributed by atoms with Crippen LogP contribution in [-0.2, 0) is 11.2 Å². The predicted octanol–water partition coefficient (Wildman–Crippen LogP) is 2.33. The van der Waals surface area contributed by atoms with Gasteiger partial charge in [0, 0.05) is 0 Å². The van der Waals surface area contributed by atoms with Crippen LogP contribution in [0.15, 0.2) is 35.0 Å². The van der Waals surface area contributed by atoms with Gasteiger partial charge in [0.05, 0.1) is 12.1 Å². The summed E-state index contributed by atoms with van der Waals surface area (Å²) in [4.78, 5) is 22.6. The van der Waals surface area contributed by atoms with Crippen molar-refractivity contribution in [3.05, 3.63) is 46.2 Å². The number of hydrogen-bond donors (Lipinski definition) is 3. The average Bonchev–Trinajstić information content (AvgIpc) is 2.84. The fourth-order valence-corrected chi connectivity index (χ4v) is 2.26. The number of anilines is 1. The Morgan fingerprint density at radius 1 is 1.26 bits per heavy atom. The Morgan fingerprint density at radius 3 is 2.68 bits per heavy atom. The van der Waals surface area contributed by atoms with E-state index >= 15 is 0 Å². The van der Waals surface area contributed by atoms with Gasteiger partial charge >= 0.3 is 5.97 Å². The Balaban J connectivity index is 2.13. The third-order valence-electron chi connectivity index (χ3n) is 2.49. The topological polar surface area (TPSA) is 86.6 Å². The van der Waals surface area contributed by atoms with E-state index in [4.69, 9.17) is 5.11 Å². The summed E-state index contributed by atoms with van der Waals surface area (Å²) in [5.41, 5.74) is 0.727. The quantitative estimate of drug-likeness (QED) is 0.749. The standard InChI is InChI=1S/C13H11NO4S/c15-11(6-8-4-5-19-7-8)14-10-3-1-2-9(12(10)16)13(17)18/h1-5,7,16H,6H2,(H,14,15)(H,17,18). The second-order valence-electron chi connectivity index (χ2n) is 3.86. The zero-order valence-electron chi connectivity index (χ0n) is 9.79. The number of rotatable bonds is 4. The lowest BCUT2D eigenvalue weighted by Crippen LogP contribution is -2.14. The predicted molar refractivity (Wildman–Crippen MR) is 71.7 cm³/mol. The van der Waals surface area contributed by atoms with Gasteiger partial charge in [-0.25, -0.2) is 4.79 Å². The van der Waals surface area contributed by atoms with Gasteiger partial charge in [0.15, 0.2) is 5.75 Å². The number of hydrogen-bond acceptors (Lipinski definition) is 4. The minimum absolute atomic E-state index is 0.0973. The first-order chi connectivity index (χ1) is 9.08. The average molecular weight is 277 g/mol. The molecular formula is C13H11NO4S. The first-order valence-corrected chi connectivity index (χ1v) is 6.38. The van der Waals surface area contributed by atoms with Crippen molar-refractivity contribution in [3.63, 3.8) is 0 Å². The molecule has 0 fully saturated rings. The molecule has 0 saturated heterocycles. The van der Waals surface area contributed by atoms with Crippen LogP contribution < -0.4 is 5.32 Å². The van der Waals surface area contributed by atoms with Crippen molar-refractivity contribution in [1.82, 2.24) is 0 Å². The van der Waals surface area contributed by atoms with Gasteiger partial charge in [-0.2, -0.15) is 11.3 Å². The molecule has 0 aliphatic rings. The summed E-state index contributed by atoms with van der Waals surface area (Å²) in [6.07, 6.45) is 0.181. The number of carbonyl (C=O) groups excluding carboxylic acids is 1. The van der Waals surface area contributed by atoms with Crippen LogP contribution in [0.3, 0.4) is 0 Å². The van der Waals surface area contributed by atoms with E-state index in [-0.39, 0.29) is 23.6 Å². The second-order valence-corrected chi connectivity index (χ2v) is 4.64. The summed E-state index contributed by atoms with van der Waals surface area (Å²) in [6.45, 7) is 0. The van der Waals surface area contributed by atoms with Crippen LogP contribution in [0, 0.1) is 0 Å². The number of carbonyl (C=O) groups is 2. The molecule has 0 spiro atoms. The van der Waals surface area contributed by atoms with E-state index in [0.717, 1.165) is 5.56 Å². The van der Waals surface area contributed by atoms with E-state index in [1.165, 1.54) is 29.5 Å². The van der Waals surface area contributed by atoms with Gasteiger partial charge in [0.1, 0.15) is 5.56 Å². The van der Waals surface area contributed by atoms with E-state index in [9.17, 15) is 14.7 Å². The Hall–Kier alpha value is -2.34. The first kappa shape index (κ1) is 13.1. The lowest BCUT2D eigenvalue weighted by molar-refractivity contribution is -0.115. The van der Waals surface area contributed by atoms with Crippen molar-refractivity contribution in [2.24, 2.45) is 0 Å². The molecule has 19 heavy (non-hydrogen) atoms. The number of aromatic hydroxyl groups is 1. The van der Waals surface area contributed by atoms with Crippen molar-refractivity contribution in [3.8, 4) is 5.75 Å². The summed E-state index contributed by atoms with van der Waals surface area (Å²) >= 11 is 1.49. The number of carboxylic acid groups (broad SMARTS) is 1. The lowest BCUT2D eigenvalue weighted by Gasteiger charge is -2.08. The number of aromatic carboxylic acids is 1. The molecule has 0 radical (unpaired) electrons. The Kier molecular flexibility index (Phi) is 3.82. The van der Waals surface area contributed by atoms with Crippen molar-refractivity contribution in [2.75, 3.05) is 5.32 Å². The molecule has 0 saturated carbocycles. The van der Waals surface area contributed by atoms with Crippen LogP contribution >= 0.6 is 11.3 Å². The van der Waals surface area contributed by atoms with E-state index in [1.807, 2.05) is 16.8 Å². The highest BCUT2D eigenvalue weighted by atomic mass is 32.1. The van der Waals surface area contributed by atoms with Gasteiger partial charge in [-0.1, -0.05) is 6.07 Å². The molecule has 1 heterocycles. The van der Waals surface area contributed by atoms with Crippen molar-refractivity contribution in [2.45, 2.75) is 6.42 Å². The molecule has 0 aliphatic heterocycles. The summed E-state index contributed by atoms with van der Waals surface area (Å²) in [7, 11) is 0. The summed E-state index contributed by atoms with van der Waals surface area (Å²) in [5, 5.41) is 24.8. The SMILES string of the molecule is O=C(Cc1ccsc1)Nc1cccc(C(=O)O)c1O. The molecule has 6 heteroatoms. The summed E-state index contributed by atoms with van der Waals surface area (Å²) in [6, 6.07) is 6.01. The molecule has 2 aromatic rings. The molecule has 98 valence electrons. The minimum Gasteiger partial charge on any atom is -0.505 e. The molecule has 1 amide bonds. The van der Waals surface area contributed by atoms with Crippen molar-refractivity contribution >= 4 is 28.9 Å². The number of amides is 1. The highest BCUT2D eigenvalue weighted by molar-refractivity contribution is 7.08. The Morgan fingerprint density at radius 2 is 2.05 bits per heavy atom. The summed E-state index contributed by atoms with van der Waals surface area (Å²) in [5.74, 6) is -1.99. The monoisotopic (exact) mass is 277 g/mol. The van der Waals surface area contributed by atoms with E-state index in [2.05, 4.69) is 5.32 Å². The number of nitrogens with one attached hydrogen (secondary N) is 1. The van der Waals surface area contributed by atoms with E-state index in [1.54, 1.807) is 0 Å². The summed E-state index contributed by atoms with van der Waals surface area (Å²) < 4.78 is 0. The molecule has 3 N–H and O–H groups in total. The fraction of sp³-hybridized carbons (Fsp3) is 0.0769.